The summed E-state index contributed by atoms with van der Waals surface area (Å²) in [7, 11) is 0. The van der Waals surface area contributed by atoms with Crippen LogP contribution in [0.2, 0.25) is 10.0 Å². The molecule has 3 rings (SSSR count). The molecule has 3 aromatic rings. The largest absolute Gasteiger partial charge is 0.452 e. The molecule has 0 bridgehead atoms. The van der Waals surface area contributed by atoms with Crippen LogP contribution in [0.15, 0.2) is 24.3 Å². The van der Waals surface area contributed by atoms with E-state index in [1.165, 1.54) is 18.2 Å². The van der Waals surface area contributed by atoms with E-state index < -0.39 is 67.6 Å². The Kier molecular flexibility index (Phi) is 6.10. The third-order valence-corrected chi connectivity index (χ3v) is 4.81. The van der Waals surface area contributed by atoms with Crippen molar-refractivity contribution in [1.82, 2.24) is 0 Å². The Morgan fingerprint density at radius 3 is 1.33 bits per heavy atom. The molecule has 0 aliphatic heterocycles. The van der Waals surface area contributed by atoms with Crippen LogP contribution in [0.5, 0.6) is 23.0 Å². The zero-order valence-corrected chi connectivity index (χ0v) is 16.7. The maximum Gasteiger partial charge on any atom is 0.203 e. The van der Waals surface area contributed by atoms with Gasteiger partial charge in [-0.25, -0.2) is 17.6 Å². The smallest absolute Gasteiger partial charge is 0.203 e. The molecule has 0 radical (unpaired) electrons. The van der Waals surface area contributed by atoms with Crippen LogP contribution in [0.1, 0.15) is 11.1 Å². The maximum absolute atomic E-state index is 14.1. The highest BCUT2D eigenvalue weighted by Crippen LogP contribution is 2.40. The molecule has 0 spiro atoms. The quantitative estimate of drug-likeness (QED) is 0.286. The summed E-state index contributed by atoms with van der Waals surface area (Å²) in [6.07, 6.45) is 0. The predicted molar refractivity (Wildman–Crippen MR) is 98.7 cm³/mol. The molecule has 0 N–H and O–H groups in total. The van der Waals surface area contributed by atoms with Gasteiger partial charge in [0.2, 0.25) is 11.6 Å². The second kappa shape index (κ2) is 8.28. The Morgan fingerprint density at radius 2 is 0.967 bits per heavy atom. The van der Waals surface area contributed by atoms with Crippen molar-refractivity contribution >= 4 is 23.2 Å². The lowest BCUT2D eigenvalue weighted by Gasteiger charge is -2.14. The molecule has 3 aromatic carbocycles. The van der Waals surface area contributed by atoms with Crippen molar-refractivity contribution in [3.8, 4) is 23.0 Å². The fourth-order valence-electron chi connectivity index (χ4n) is 2.46. The van der Waals surface area contributed by atoms with Crippen LogP contribution in [0.25, 0.3) is 0 Å². The van der Waals surface area contributed by atoms with E-state index in [4.69, 9.17) is 32.7 Å². The minimum Gasteiger partial charge on any atom is -0.452 e. The number of hydrogen-bond donors (Lipinski definition) is 0. The van der Waals surface area contributed by atoms with Crippen LogP contribution in [-0.2, 0) is 0 Å². The van der Waals surface area contributed by atoms with E-state index in [-0.39, 0.29) is 11.5 Å². The second-order valence-corrected chi connectivity index (χ2v) is 6.86. The van der Waals surface area contributed by atoms with Crippen molar-refractivity contribution in [2.24, 2.45) is 0 Å². The third kappa shape index (κ3) is 3.77. The molecular formula is C20H10Cl2F6O2. The Labute approximate surface area is 176 Å². The average Bonchev–Trinajstić information content (AvgIpc) is 2.74. The first-order valence-electron chi connectivity index (χ1n) is 8.15. The number of ether oxygens (including phenoxy) is 2. The Bertz CT molecular complexity index is 1020. The molecule has 0 fully saturated rings. The molecule has 0 aliphatic carbocycles. The Morgan fingerprint density at radius 1 is 0.600 bits per heavy atom. The highest BCUT2D eigenvalue weighted by atomic mass is 35.5. The summed E-state index contributed by atoms with van der Waals surface area (Å²) in [6.45, 7) is 1.99. The van der Waals surface area contributed by atoms with Crippen molar-refractivity contribution in [2.75, 3.05) is 0 Å². The molecule has 0 aromatic heterocycles. The van der Waals surface area contributed by atoms with Crippen LogP contribution >= 0.6 is 23.2 Å². The lowest BCUT2D eigenvalue weighted by Crippen LogP contribution is -2.01. The van der Waals surface area contributed by atoms with Crippen molar-refractivity contribution in [2.45, 2.75) is 13.8 Å². The summed E-state index contributed by atoms with van der Waals surface area (Å²) in [5.74, 6) is -10.7. The minimum atomic E-state index is -1.53. The van der Waals surface area contributed by atoms with Crippen molar-refractivity contribution < 1.29 is 35.8 Å². The third-order valence-electron chi connectivity index (χ3n) is 4.13. The predicted octanol–water partition coefficient (Wildman–Crippen LogP) is 8.03. The summed E-state index contributed by atoms with van der Waals surface area (Å²) < 4.78 is 94.0. The first-order chi connectivity index (χ1) is 14.0. The summed E-state index contributed by atoms with van der Waals surface area (Å²) >= 11 is 11.4. The summed E-state index contributed by atoms with van der Waals surface area (Å²) in [5, 5.41) is -1.59. The molecule has 30 heavy (non-hydrogen) atoms. The summed E-state index contributed by atoms with van der Waals surface area (Å²) in [5.41, 5.74) is -1.26. The first-order valence-corrected chi connectivity index (χ1v) is 8.91. The molecular weight excluding hydrogens is 457 g/mol. The maximum atomic E-state index is 14.1. The number of halogens is 8. The van der Waals surface area contributed by atoms with Gasteiger partial charge in [-0.1, -0.05) is 29.3 Å². The molecule has 0 unspecified atom stereocenters. The van der Waals surface area contributed by atoms with Crippen molar-refractivity contribution in [3.05, 3.63) is 80.3 Å². The van der Waals surface area contributed by atoms with Gasteiger partial charge in [-0.2, -0.15) is 8.78 Å². The van der Waals surface area contributed by atoms with Crippen LogP contribution in [0, 0.1) is 48.8 Å². The molecule has 0 aliphatic rings. The normalized spacial score (nSPS) is 11.0. The standard InChI is InChI=1S/C20H10Cl2F6O2/c1-7-13(23)11(21)19(17(27)15(7)25)29-9-4-3-5-10(6-9)30-20-12(22)14(24)8(2)16(26)18(20)28/h3-6H,1-2H3. The average molecular weight is 467 g/mol. The zero-order valence-electron chi connectivity index (χ0n) is 15.1. The van der Waals surface area contributed by atoms with E-state index in [9.17, 15) is 26.3 Å². The fraction of sp³-hybridized carbons (Fsp3) is 0.100. The van der Waals surface area contributed by atoms with Gasteiger partial charge in [0.1, 0.15) is 21.5 Å². The van der Waals surface area contributed by atoms with E-state index in [1.54, 1.807) is 0 Å². The van der Waals surface area contributed by atoms with Gasteiger partial charge in [0, 0.05) is 17.2 Å². The SMILES string of the molecule is Cc1c(F)c(F)c(Oc2cccc(Oc3c(F)c(F)c(C)c(F)c3Cl)c2)c(Cl)c1F. The molecule has 0 atom stereocenters. The molecule has 0 heterocycles. The van der Waals surface area contributed by atoms with Crippen LogP contribution < -0.4 is 9.47 Å². The van der Waals surface area contributed by atoms with E-state index in [0.29, 0.717) is 0 Å². The van der Waals surface area contributed by atoms with Gasteiger partial charge in [0.05, 0.1) is 0 Å². The van der Waals surface area contributed by atoms with Crippen LogP contribution in [0.4, 0.5) is 26.3 Å². The van der Waals surface area contributed by atoms with Gasteiger partial charge in [-0.05, 0) is 26.0 Å². The van der Waals surface area contributed by atoms with E-state index in [2.05, 4.69) is 0 Å². The Balaban J connectivity index is 1.99. The lowest BCUT2D eigenvalue weighted by molar-refractivity contribution is 0.394. The number of rotatable bonds is 4. The van der Waals surface area contributed by atoms with Gasteiger partial charge in [-0.15, -0.1) is 0 Å². The lowest BCUT2D eigenvalue weighted by atomic mass is 10.2. The van der Waals surface area contributed by atoms with Gasteiger partial charge < -0.3 is 9.47 Å². The molecule has 0 saturated carbocycles. The summed E-state index contributed by atoms with van der Waals surface area (Å²) in [6, 6.07) is 4.81. The molecule has 0 saturated heterocycles. The van der Waals surface area contributed by atoms with Gasteiger partial charge in [0.15, 0.2) is 34.8 Å². The highest BCUT2D eigenvalue weighted by Gasteiger charge is 2.25. The first kappa shape index (κ1) is 22.1. The topological polar surface area (TPSA) is 18.5 Å². The van der Waals surface area contributed by atoms with E-state index in [1.807, 2.05) is 0 Å². The van der Waals surface area contributed by atoms with Crippen LogP contribution in [-0.4, -0.2) is 0 Å². The van der Waals surface area contributed by atoms with Gasteiger partial charge in [0.25, 0.3) is 0 Å². The van der Waals surface area contributed by atoms with Crippen molar-refractivity contribution in [3.63, 3.8) is 0 Å². The van der Waals surface area contributed by atoms with Gasteiger partial charge >= 0.3 is 0 Å². The van der Waals surface area contributed by atoms with Crippen molar-refractivity contribution in [1.29, 1.82) is 0 Å². The van der Waals surface area contributed by atoms with E-state index in [0.717, 1.165) is 19.9 Å². The second-order valence-electron chi connectivity index (χ2n) is 6.10. The van der Waals surface area contributed by atoms with Crippen LogP contribution in [0.3, 0.4) is 0 Å². The fourth-order valence-corrected chi connectivity index (χ4v) is 2.99. The monoisotopic (exact) mass is 466 g/mol. The van der Waals surface area contributed by atoms with Gasteiger partial charge in [-0.3, -0.25) is 0 Å². The molecule has 158 valence electrons. The van der Waals surface area contributed by atoms with E-state index >= 15 is 0 Å². The zero-order chi connectivity index (χ0) is 22.3. The molecule has 0 amide bonds. The Hall–Kier alpha value is -2.58. The number of hydrogen-bond acceptors (Lipinski definition) is 2. The number of benzene rings is 3. The summed E-state index contributed by atoms with van der Waals surface area (Å²) in [4.78, 5) is 0. The molecule has 10 heteroatoms. The minimum absolute atomic E-state index is 0.222. The highest BCUT2D eigenvalue weighted by molar-refractivity contribution is 6.32. The molecule has 2 nitrogen and oxygen atoms in total.